The van der Waals surface area contributed by atoms with Crippen molar-refractivity contribution in [2.45, 2.75) is 32.7 Å². The van der Waals surface area contributed by atoms with Crippen LogP contribution in [-0.2, 0) is 11.3 Å². The van der Waals surface area contributed by atoms with Gasteiger partial charge in [0.05, 0.1) is 6.54 Å². The fraction of sp³-hybridized carbons (Fsp3) is 0.263. The highest BCUT2D eigenvalue weighted by molar-refractivity contribution is 5.93. The second-order valence-electron chi connectivity index (χ2n) is 5.24. The van der Waals surface area contributed by atoms with E-state index >= 15 is 0 Å². The van der Waals surface area contributed by atoms with E-state index in [0.717, 1.165) is 29.7 Å². The first-order chi connectivity index (χ1) is 10.2. The minimum Gasteiger partial charge on any atom is -0.308 e. The Morgan fingerprint density at radius 1 is 1.05 bits per heavy atom. The number of anilines is 1. The molecule has 21 heavy (non-hydrogen) atoms. The minimum absolute atomic E-state index is 0.178. The molecule has 2 heteroatoms. The molecule has 0 unspecified atom stereocenters. The molecule has 2 aromatic rings. The Labute approximate surface area is 127 Å². The predicted molar refractivity (Wildman–Crippen MR) is 88.1 cm³/mol. The van der Waals surface area contributed by atoms with Crippen molar-refractivity contribution in [3.8, 4) is 0 Å². The van der Waals surface area contributed by atoms with Crippen LogP contribution >= 0.6 is 0 Å². The van der Waals surface area contributed by atoms with Gasteiger partial charge in [0.25, 0.3) is 0 Å². The molecule has 0 heterocycles. The minimum atomic E-state index is 0.178. The van der Waals surface area contributed by atoms with E-state index in [1.54, 1.807) is 0 Å². The number of amides is 1. The third-order valence-electron chi connectivity index (χ3n) is 3.48. The molecule has 0 aliphatic carbocycles. The molecule has 0 atom stereocenters. The summed E-state index contributed by atoms with van der Waals surface area (Å²) >= 11 is 0. The first-order valence-corrected chi connectivity index (χ1v) is 7.47. The Kier molecular flexibility index (Phi) is 5.56. The molecule has 2 nitrogen and oxygen atoms in total. The van der Waals surface area contributed by atoms with Gasteiger partial charge in [0.1, 0.15) is 0 Å². The van der Waals surface area contributed by atoms with Gasteiger partial charge in [0, 0.05) is 12.1 Å². The molecule has 0 fully saturated rings. The number of carbonyl (C=O) groups excluding carboxylic acids is 1. The largest absolute Gasteiger partial charge is 0.308 e. The maximum atomic E-state index is 12.5. The number of unbranched alkanes of at least 4 members (excludes halogenated alkanes) is 1. The maximum absolute atomic E-state index is 12.5. The van der Waals surface area contributed by atoms with Crippen LogP contribution in [0, 0.1) is 6.92 Å². The van der Waals surface area contributed by atoms with E-state index in [2.05, 4.69) is 26.0 Å². The van der Waals surface area contributed by atoms with Gasteiger partial charge in [0.2, 0.25) is 5.91 Å². The summed E-state index contributed by atoms with van der Waals surface area (Å²) in [5, 5.41) is 0. The standard InChI is InChI=1S/C19H22NO/c1-3-4-10-19(21)20(15-17-8-6-5-7-9-17)18-13-11-16(2)12-14-18/h5-9,11-14H,2-4,10,15H2,1H3. The lowest BCUT2D eigenvalue weighted by molar-refractivity contribution is -0.118. The molecule has 0 bridgehead atoms. The molecule has 1 amide bonds. The van der Waals surface area contributed by atoms with E-state index in [9.17, 15) is 4.79 Å². The van der Waals surface area contributed by atoms with Crippen molar-refractivity contribution in [1.29, 1.82) is 0 Å². The monoisotopic (exact) mass is 280 g/mol. The van der Waals surface area contributed by atoms with Crippen molar-refractivity contribution in [3.63, 3.8) is 0 Å². The van der Waals surface area contributed by atoms with Crippen molar-refractivity contribution in [2.75, 3.05) is 4.90 Å². The van der Waals surface area contributed by atoms with Crippen LogP contribution in [-0.4, -0.2) is 5.91 Å². The normalized spacial score (nSPS) is 10.4. The number of carbonyl (C=O) groups is 1. The second kappa shape index (κ2) is 7.63. The zero-order valence-electron chi connectivity index (χ0n) is 12.6. The van der Waals surface area contributed by atoms with Crippen LogP contribution in [0.1, 0.15) is 37.3 Å². The van der Waals surface area contributed by atoms with Gasteiger partial charge in [-0.2, -0.15) is 0 Å². The second-order valence-corrected chi connectivity index (χ2v) is 5.24. The van der Waals surface area contributed by atoms with Gasteiger partial charge in [-0.3, -0.25) is 4.79 Å². The topological polar surface area (TPSA) is 20.3 Å². The number of benzene rings is 2. The van der Waals surface area contributed by atoms with Crippen molar-refractivity contribution in [2.24, 2.45) is 0 Å². The van der Waals surface area contributed by atoms with Gasteiger partial charge in [-0.1, -0.05) is 55.8 Å². The molecule has 1 radical (unpaired) electrons. The molecule has 0 saturated carbocycles. The Hall–Kier alpha value is -2.09. The fourth-order valence-corrected chi connectivity index (χ4v) is 2.23. The van der Waals surface area contributed by atoms with Crippen LogP contribution in [0.15, 0.2) is 54.6 Å². The van der Waals surface area contributed by atoms with Crippen LogP contribution in [0.5, 0.6) is 0 Å². The first-order valence-electron chi connectivity index (χ1n) is 7.47. The third-order valence-corrected chi connectivity index (χ3v) is 3.48. The van der Waals surface area contributed by atoms with Crippen LogP contribution in [0.3, 0.4) is 0 Å². The molecule has 0 aromatic heterocycles. The van der Waals surface area contributed by atoms with Crippen LogP contribution in [0.25, 0.3) is 0 Å². The summed E-state index contributed by atoms with van der Waals surface area (Å²) in [5.41, 5.74) is 3.04. The van der Waals surface area contributed by atoms with Crippen molar-refractivity contribution < 1.29 is 4.79 Å². The van der Waals surface area contributed by atoms with Gasteiger partial charge >= 0.3 is 0 Å². The Morgan fingerprint density at radius 3 is 2.33 bits per heavy atom. The number of rotatable bonds is 6. The zero-order chi connectivity index (χ0) is 15.1. The highest BCUT2D eigenvalue weighted by Gasteiger charge is 2.15. The van der Waals surface area contributed by atoms with E-state index in [0.29, 0.717) is 13.0 Å². The van der Waals surface area contributed by atoms with E-state index in [1.165, 1.54) is 0 Å². The molecule has 0 aliphatic heterocycles. The first kappa shape index (κ1) is 15.3. The Bertz CT molecular complexity index is 560. The summed E-state index contributed by atoms with van der Waals surface area (Å²) in [4.78, 5) is 14.4. The summed E-state index contributed by atoms with van der Waals surface area (Å²) < 4.78 is 0. The van der Waals surface area contributed by atoms with Crippen molar-refractivity contribution >= 4 is 11.6 Å². The Balaban J connectivity index is 2.21. The Morgan fingerprint density at radius 2 is 1.71 bits per heavy atom. The van der Waals surface area contributed by atoms with E-state index < -0.39 is 0 Å². The van der Waals surface area contributed by atoms with Gasteiger partial charge in [0.15, 0.2) is 0 Å². The average molecular weight is 280 g/mol. The van der Waals surface area contributed by atoms with Gasteiger partial charge in [-0.25, -0.2) is 0 Å². The van der Waals surface area contributed by atoms with Crippen molar-refractivity contribution in [1.82, 2.24) is 0 Å². The highest BCUT2D eigenvalue weighted by atomic mass is 16.2. The van der Waals surface area contributed by atoms with Crippen LogP contribution < -0.4 is 4.90 Å². The highest BCUT2D eigenvalue weighted by Crippen LogP contribution is 2.20. The molecule has 0 aliphatic rings. The summed E-state index contributed by atoms with van der Waals surface area (Å²) in [7, 11) is 0. The SMILES string of the molecule is [CH2]c1ccc(N(Cc2ccccc2)C(=O)CCCC)cc1. The smallest absolute Gasteiger partial charge is 0.227 e. The van der Waals surface area contributed by atoms with Crippen LogP contribution in [0.4, 0.5) is 5.69 Å². The molecule has 0 saturated heterocycles. The van der Waals surface area contributed by atoms with Gasteiger partial charge < -0.3 is 4.90 Å². The van der Waals surface area contributed by atoms with Crippen molar-refractivity contribution in [3.05, 3.63) is 72.6 Å². The summed E-state index contributed by atoms with van der Waals surface area (Å²) in [6.45, 7) is 6.61. The van der Waals surface area contributed by atoms with E-state index in [4.69, 9.17) is 0 Å². The lowest BCUT2D eigenvalue weighted by atomic mass is 10.1. The molecule has 109 valence electrons. The van der Waals surface area contributed by atoms with Gasteiger partial charge in [-0.05, 0) is 36.6 Å². The molecule has 0 spiro atoms. The zero-order valence-corrected chi connectivity index (χ0v) is 12.6. The fourth-order valence-electron chi connectivity index (χ4n) is 2.23. The van der Waals surface area contributed by atoms with Crippen LogP contribution in [0.2, 0.25) is 0 Å². The third kappa shape index (κ3) is 4.45. The molecule has 2 rings (SSSR count). The average Bonchev–Trinajstić information content (AvgIpc) is 2.52. The lowest BCUT2D eigenvalue weighted by Gasteiger charge is -2.23. The molecular formula is C19H22NO. The number of hydrogen-bond donors (Lipinski definition) is 0. The van der Waals surface area contributed by atoms with E-state index in [1.807, 2.05) is 47.4 Å². The van der Waals surface area contributed by atoms with E-state index in [-0.39, 0.29) is 5.91 Å². The lowest BCUT2D eigenvalue weighted by Crippen LogP contribution is -2.30. The molecule has 0 N–H and O–H groups in total. The predicted octanol–water partition coefficient (Wildman–Crippen LogP) is 4.59. The van der Waals surface area contributed by atoms with Gasteiger partial charge in [-0.15, -0.1) is 0 Å². The summed E-state index contributed by atoms with van der Waals surface area (Å²) in [5.74, 6) is 0.178. The quantitative estimate of drug-likeness (QED) is 0.757. The molecular weight excluding hydrogens is 258 g/mol. The molecule has 2 aromatic carbocycles. The number of nitrogens with zero attached hydrogens (tertiary/aromatic N) is 1. The summed E-state index contributed by atoms with van der Waals surface area (Å²) in [6, 6.07) is 17.9. The maximum Gasteiger partial charge on any atom is 0.227 e. The number of hydrogen-bond acceptors (Lipinski definition) is 1. The summed E-state index contributed by atoms with van der Waals surface area (Å²) in [6.07, 6.45) is 2.55.